The van der Waals surface area contributed by atoms with Gasteiger partial charge in [0.15, 0.2) is 0 Å². The molecule has 0 bridgehead atoms. The fourth-order valence-electron chi connectivity index (χ4n) is 1.62. The van der Waals surface area contributed by atoms with Gasteiger partial charge in [-0.25, -0.2) is 0 Å². The summed E-state index contributed by atoms with van der Waals surface area (Å²) in [6, 6.07) is 0. The van der Waals surface area contributed by atoms with Gasteiger partial charge >= 0.3 is 5.97 Å². The van der Waals surface area contributed by atoms with Gasteiger partial charge in [0, 0.05) is 0 Å². The van der Waals surface area contributed by atoms with Crippen LogP contribution >= 0.6 is 0 Å². The van der Waals surface area contributed by atoms with E-state index < -0.39 is 0 Å². The van der Waals surface area contributed by atoms with Gasteiger partial charge < -0.3 is 4.74 Å². The molecule has 0 amide bonds. The van der Waals surface area contributed by atoms with Gasteiger partial charge in [0.05, 0.1) is 12.0 Å². The normalized spacial score (nSPS) is 26.6. The molecule has 1 rings (SSSR count). The molecule has 1 saturated carbocycles. The van der Waals surface area contributed by atoms with E-state index in [-0.39, 0.29) is 23.4 Å². The quantitative estimate of drug-likeness (QED) is 0.595. The van der Waals surface area contributed by atoms with Gasteiger partial charge in [-0.2, -0.15) is 0 Å². The van der Waals surface area contributed by atoms with E-state index in [4.69, 9.17) is 4.74 Å². The standard InChI is InChI=1S/C10H18O2/c1-7(2)12-9(11)8-5-6-10(8,3)4/h7-8H,5-6H2,1-4H3. The van der Waals surface area contributed by atoms with Crippen LogP contribution in [0.4, 0.5) is 0 Å². The second-order valence-corrected chi connectivity index (χ2v) is 4.57. The number of carbonyl (C=O) groups is 1. The first kappa shape index (κ1) is 9.56. The molecule has 0 radical (unpaired) electrons. The topological polar surface area (TPSA) is 26.3 Å². The van der Waals surface area contributed by atoms with E-state index in [0.717, 1.165) is 12.8 Å². The number of esters is 1. The second kappa shape index (κ2) is 3.08. The summed E-state index contributed by atoms with van der Waals surface area (Å²) < 4.78 is 5.15. The highest BCUT2D eigenvalue weighted by atomic mass is 16.5. The molecule has 1 aliphatic rings. The largest absolute Gasteiger partial charge is 0.463 e. The predicted molar refractivity (Wildman–Crippen MR) is 47.7 cm³/mol. The van der Waals surface area contributed by atoms with Crippen LogP contribution in [0.5, 0.6) is 0 Å². The van der Waals surface area contributed by atoms with Crippen molar-refractivity contribution in [2.45, 2.75) is 46.6 Å². The minimum absolute atomic E-state index is 0.0127. The molecule has 2 heteroatoms. The molecule has 1 fully saturated rings. The minimum atomic E-state index is -0.0127. The monoisotopic (exact) mass is 170 g/mol. The molecule has 0 aliphatic heterocycles. The van der Waals surface area contributed by atoms with Crippen molar-refractivity contribution in [1.82, 2.24) is 0 Å². The molecule has 2 nitrogen and oxygen atoms in total. The highest BCUT2D eigenvalue weighted by Gasteiger charge is 2.44. The van der Waals surface area contributed by atoms with Crippen LogP contribution in [0.3, 0.4) is 0 Å². The molecular weight excluding hydrogens is 152 g/mol. The van der Waals surface area contributed by atoms with Gasteiger partial charge in [0.2, 0.25) is 0 Å². The average Bonchev–Trinajstić information content (AvgIpc) is 1.83. The van der Waals surface area contributed by atoms with E-state index in [2.05, 4.69) is 13.8 Å². The van der Waals surface area contributed by atoms with Gasteiger partial charge in [-0.15, -0.1) is 0 Å². The summed E-state index contributed by atoms with van der Waals surface area (Å²) in [6.45, 7) is 8.04. The van der Waals surface area contributed by atoms with Gasteiger partial charge in [0.1, 0.15) is 0 Å². The highest BCUT2D eigenvalue weighted by molar-refractivity contribution is 5.74. The third-order valence-electron chi connectivity index (χ3n) is 2.66. The van der Waals surface area contributed by atoms with Crippen molar-refractivity contribution in [2.75, 3.05) is 0 Å². The number of hydrogen-bond donors (Lipinski definition) is 0. The number of rotatable bonds is 2. The van der Waals surface area contributed by atoms with Crippen molar-refractivity contribution in [2.24, 2.45) is 11.3 Å². The molecule has 0 aromatic heterocycles. The van der Waals surface area contributed by atoms with Gasteiger partial charge in [-0.05, 0) is 32.1 Å². The summed E-state index contributed by atoms with van der Waals surface area (Å²) in [6.07, 6.45) is 2.16. The van der Waals surface area contributed by atoms with Crippen molar-refractivity contribution < 1.29 is 9.53 Å². The van der Waals surface area contributed by atoms with Crippen molar-refractivity contribution >= 4 is 5.97 Å². The summed E-state index contributed by atoms with van der Waals surface area (Å²) >= 11 is 0. The van der Waals surface area contributed by atoms with Crippen molar-refractivity contribution in [3.63, 3.8) is 0 Å². The van der Waals surface area contributed by atoms with Crippen molar-refractivity contribution in [3.8, 4) is 0 Å². The molecule has 0 aromatic rings. The Bertz CT molecular complexity index is 182. The maximum Gasteiger partial charge on any atom is 0.309 e. The third kappa shape index (κ3) is 1.79. The molecule has 12 heavy (non-hydrogen) atoms. The Hall–Kier alpha value is -0.530. The highest BCUT2D eigenvalue weighted by Crippen LogP contribution is 2.46. The molecule has 0 heterocycles. The fourth-order valence-corrected chi connectivity index (χ4v) is 1.62. The molecule has 0 saturated heterocycles. The van der Waals surface area contributed by atoms with E-state index >= 15 is 0 Å². The summed E-state index contributed by atoms with van der Waals surface area (Å²) in [5.74, 6) is 0.126. The molecular formula is C10H18O2. The Kier molecular flexibility index (Phi) is 2.45. The van der Waals surface area contributed by atoms with E-state index in [0.29, 0.717) is 0 Å². The van der Waals surface area contributed by atoms with Crippen LogP contribution < -0.4 is 0 Å². The minimum Gasteiger partial charge on any atom is -0.463 e. The van der Waals surface area contributed by atoms with Gasteiger partial charge in [-0.1, -0.05) is 13.8 Å². The summed E-state index contributed by atoms with van der Waals surface area (Å²) in [5, 5.41) is 0. The molecule has 0 aromatic carbocycles. The Labute approximate surface area is 74.3 Å². The van der Waals surface area contributed by atoms with E-state index in [1.54, 1.807) is 0 Å². The first-order valence-electron chi connectivity index (χ1n) is 4.64. The number of carbonyl (C=O) groups excluding carboxylic acids is 1. The summed E-state index contributed by atoms with van der Waals surface area (Å²) in [5.41, 5.74) is 0.173. The van der Waals surface area contributed by atoms with Gasteiger partial charge in [-0.3, -0.25) is 4.79 Å². The molecule has 1 aliphatic carbocycles. The lowest BCUT2D eigenvalue weighted by atomic mass is 9.62. The lowest BCUT2D eigenvalue weighted by molar-refractivity contribution is -0.163. The van der Waals surface area contributed by atoms with Crippen LogP contribution in [0.15, 0.2) is 0 Å². The van der Waals surface area contributed by atoms with Crippen LogP contribution in [0.25, 0.3) is 0 Å². The Morgan fingerprint density at radius 3 is 2.33 bits per heavy atom. The molecule has 1 unspecified atom stereocenters. The maximum atomic E-state index is 11.4. The van der Waals surface area contributed by atoms with E-state index in [9.17, 15) is 4.79 Å². The lowest BCUT2D eigenvalue weighted by Crippen LogP contribution is -2.41. The van der Waals surface area contributed by atoms with E-state index in [1.807, 2.05) is 13.8 Å². The Morgan fingerprint density at radius 2 is 2.08 bits per heavy atom. The number of hydrogen-bond acceptors (Lipinski definition) is 2. The smallest absolute Gasteiger partial charge is 0.309 e. The second-order valence-electron chi connectivity index (χ2n) is 4.57. The van der Waals surface area contributed by atoms with E-state index in [1.165, 1.54) is 0 Å². The maximum absolute atomic E-state index is 11.4. The van der Waals surface area contributed by atoms with Crippen LogP contribution in [0, 0.1) is 11.3 Å². The Morgan fingerprint density at radius 1 is 1.50 bits per heavy atom. The molecule has 70 valence electrons. The first-order chi connectivity index (χ1) is 5.43. The zero-order chi connectivity index (χ0) is 9.35. The van der Waals surface area contributed by atoms with Crippen LogP contribution in [0.1, 0.15) is 40.5 Å². The number of ether oxygens (including phenoxy) is 1. The van der Waals surface area contributed by atoms with Crippen LogP contribution in [-0.4, -0.2) is 12.1 Å². The lowest BCUT2D eigenvalue weighted by Gasteiger charge is -2.42. The van der Waals surface area contributed by atoms with Crippen molar-refractivity contribution in [1.29, 1.82) is 0 Å². The fraction of sp³-hybridized carbons (Fsp3) is 0.900. The zero-order valence-corrected chi connectivity index (χ0v) is 8.39. The summed E-state index contributed by atoms with van der Waals surface area (Å²) in [4.78, 5) is 11.4. The van der Waals surface area contributed by atoms with Crippen LogP contribution in [0.2, 0.25) is 0 Å². The first-order valence-corrected chi connectivity index (χ1v) is 4.64. The average molecular weight is 170 g/mol. The third-order valence-corrected chi connectivity index (χ3v) is 2.66. The molecule has 0 spiro atoms. The van der Waals surface area contributed by atoms with Crippen molar-refractivity contribution in [3.05, 3.63) is 0 Å². The molecule has 1 atom stereocenters. The predicted octanol–water partition coefficient (Wildman–Crippen LogP) is 2.37. The Balaban J connectivity index is 2.44. The SMILES string of the molecule is CC(C)OC(=O)C1CCC1(C)C. The molecule has 0 N–H and O–H groups in total. The zero-order valence-electron chi connectivity index (χ0n) is 8.39. The van der Waals surface area contributed by atoms with Gasteiger partial charge in [0.25, 0.3) is 0 Å². The summed E-state index contributed by atoms with van der Waals surface area (Å²) in [7, 11) is 0. The van der Waals surface area contributed by atoms with Crippen LogP contribution in [-0.2, 0) is 9.53 Å².